The van der Waals surface area contributed by atoms with Crippen molar-refractivity contribution in [2.24, 2.45) is 0 Å². The minimum absolute atomic E-state index is 0.0729. The lowest BCUT2D eigenvalue weighted by atomic mass is 10.1. The summed E-state index contributed by atoms with van der Waals surface area (Å²) >= 11 is 0. The molecule has 0 atom stereocenters. The molecule has 25 heavy (non-hydrogen) atoms. The lowest BCUT2D eigenvalue weighted by molar-refractivity contribution is -0.121. The SMILES string of the molecule is Cc1ccc(CNC(=O)Cn2cnc(-c3noc(C4CC4)n3)c2)cc1. The lowest BCUT2D eigenvalue weighted by Gasteiger charge is -2.06. The van der Waals surface area contributed by atoms with Crippen molar-refractivity contribution in [1.82, 2.24) is 25.0 Å². The van der Waals surface area contributed by atoms with Gasteiger partial charge in [0.05, 0.1) is 6.33 Å². The Hall–Kier alpha value is -2.96. The molecule has 1 aromatic carbocycles. The van der Waals surface area contributed by atoms with E-state index in [1.165, 1.54) is 5.56 Å². The van der Waals surface area contributed by atoms with Crippen LogP contribution in [0.25, 0.3) is 11.5 Å². The van der Waals surface area contributed by atoms with Gasteiger partial charge in [-0.3, -0.25) is 4.79 Å². The Balaban J connectivity index is 1.33. The van der Waals surface area contributed by atoms with E-state index in [0.717, 1.165) is 18.4 Å². The Labute approximate surface area is 145 Å². The van der Waals surface area contributed by atoms with Gasteiger partial charge in [0, 0.05) is 18.7 Å². The summed E-state index contributed by atoms with van der Waals surface area (Å²) < 4.78 is 6.95. The monoisotopic (exact) mass is 337 g/mol. The van der Waals surface area contributed by atoms with Crippen LogP contribution in [0.15, 0.2) is 41.3 Å². The third-order valence-electron chi connectivity index (χ3n) is 4.17. The Morgan fingerprint density at radius 2 is 2.12 bits per heavy atom. The number of nitrogens with one attached hydrogen (secondary N) is 1. The number of hydrogen-bond acceptors (Lipinski definition) is 5. The van der Waals surface area contributed by atoms with Crippen LogP contribution in [-0.4, -0.2) is 25.6 Å². The van der Waals surface area contributed by atoms with Crippen LogP contribution in [0.3, 0.4) is 0 Å². The Kier molecular flexibility index (Phi) is 4.05. The van der Waals surface area contributed by atoms with Crippen LogP contribution in [0, 0.1) is 6.92 Å². The number of carbonyl (C=O) groups is 1. The molecular weight excluding hydrogens is 318 g/mol. The second kappa shape index (κ2) is 6.51. The van der Waals surface area contributed by atoms with Crippen LogP contribution in [-0.2, 0) is 17.9 Å². The highest BCUT2D eigenvalue weighted by Gasteiger charge is 2.30. The predicted octanol–water partition coefficient (Wildman–Crippen LogP) is 2.44. The molecule has 0 aliphatic heterocycles. The van der Waals surface area contributed by atoms with E-state index in [2.05, 4.69) is 20.4 Å². The van der Waals surface area contributed by atoms with Crippen LogP contribution in [0.1, 0.15) is 35.8 Å². The molecule has 2 heterocycles. The Morgan fingerprint density at radius 1 is 1.32 bits per heavy atom. The van der Waals surface area contributed by atoms with Gasteiger partial charge in [0.2, 0.25) is 17.6 Å². The number of aromatic nitrogens is 4. The third kappa shape index (κ3) is 3.76. The van der Waals surface area contributed by atoms with E-state index in [-0.39, 0.29) is 12.5 Å². The lowest BCUT2D eigenvalue weighted by Crippen LogP contribution is -2.26. The smallest absolute Gasteiger partial charge is 0.240 e. The molecule has 1 saturated carbocycles. The van der Waals surface area contributed by atoms with Crippen molar-refractivity contribution in [3.05, 3.63) is 53.8 Å². The van der Waals surface area contributed by atoms with E-state index < -0.39 is 0 Å². The summed E-state index contributed by atoms with van der Waals surface area (Å²) in [6, 6.07) is 8.09. The van der Waals surface area contributed by atoms with Gasteiger partial charge in [-0.15, -0.1) is 0 Å². The van der Waals surface area contributed by atoms with Gasteiger partial charge in [-0.2, -0.15) is 4.98 Å². The fraction of sp³-hybridized carbons (Fsp3) is 0.333. The van der Waals surface area contributed by atoms with Crippen molar-refractivity contribution in [1.29, 1.82) is 0 Å². The van der Waals surface area contributed by atoms with Crippen LogP contribution in [0.4, 0.5) is 0 Å². The van der Waals surface area contributed by atoms with E-state index in [0.29, 0.717) is 29.9 Å². The highest BCUT2D eigenvalue weighted by Crippen LogP contribution is 2.39. The summed E-state index contributed by atoms with van der Waals surface area (Å²) in [6.07, 6.45) is 5.58. The third-order valence-corrected chi connectivity index (χ3v) is 4.17. The quantitative estimate of drug-likeness (QED) is 0.746. The summed E-state index contributed by atoms with van der Waals surface area (Å²) in [7, 11) is 0. The van der Waals surface area contributed by atoms with Gasteiger partial charge in [-0.1, -0.05) is 35.0 Å². The van der Waals surface area contributed by atoms with E-state index in [1.807, 2.05) is 31.2 Å². The van der Waals surface area contributed by atoms with Crippen molar-refractivity contribution in [3.63, 3.8) is 0 Å². The number of nitrogens with zero attached hydrogens (tertiary/aromatic N) is 4. The molecule has 0 bridgehead atoms. The number of hydrogen-bond donors (Lipinski definition) is 1. The molecule has 0 unspecified atom stereocenters. The second-order valence-corrected chi connectivity index (χ2v) is 6.42. The largest absolute Gasteiger partial charge is 0.350 e. The molecular formula is C18H19N5O2. The molecule has 1 amide bonds. The van der Waals surface area contributed by atoms with Crippen LogP contribution in [0.2, 0.25) is 0 Å². The predicted molar refractivity (Wildman–Crippen MR) is 90.5 cm³/mol. The van der Waals surface area contributed by atoms with E-state index in [1.54, 1.807) is 17.1 Å². The maximum Gasteiger partial charge on any atom is 0.240 e. The fourth-order valence-electron chi connectivity index (χ4n) is 2.53. The maximum atomic E-state index is 12.1. The zero-order valence-corrected chi connectivity index (χ0v) is 14.0. The molecule has 1 fully saturated rings. The molecule has 1 N–H and O–H groups in total. The van der Waals surface area contributed by atoms with Crippen molar-refractivity contribution in [3.8, 4) is 11.5 Å². The van der Waals surface area contributed by atoms with Crippen LogP contribution < -0.4 is 5.32 Å². The molecule has 0 saturated heterocycles. The van der Waals surface area contributed by atoms with Gasteiger partial charge >= 0.3 is 0 Å². The molecule has 2 aromatic heterocycles. The number of imidazole rings is 1. The Morgan fingerprint density at radius 3 is 2.88 bits per heavy atom. The van der Waals surface area contributed by atoms with Gasteiger partial charge in [0.25, 0.3) is 0 Å². The van der Waals surface area contributed by atoms with Crippen molar-refractivity contribution < 1.29 is 9.32 Å². The molecule has 0 radical (unpaired) electrons. The van der Waals surface area contributed by atoms with Gasteiger partial charge in [-0.25, -0.2) is 4.98 Å². The van der Waals surface area contributed by atoms with Crippen LogP contribution >= 0.6 is 0 Å². The summed E-state index contributed by atoms with van der Waals surface area (Å²) in [6.45, 7) is 2.75. The highest BCUT2D eigenvalue weighted by atomic mass is 16.5. The summed E-state index contributed by atoms with van der Waals surface area (Å²) in [4.78, 5) is 20.7. The van der Waals surface area contributed by atoms with E-state index in [4.69, 9.17) is 4.52 Å². The number of carbonyl (C=O) groups excluding carboxylic acids is 1. The summed E-state index contributed by atoms with van der Waals surface area (Å²) in [5, 5.41) is 6.87. The first-order valence-electron chi connectivity index (χ1n) is 8.35. The fourth-order valence-corrected chi connectivity index (χ4v) is 2.53. The zero-order chi connectivity index (χ0) is 17.2. The molecule has 3 aromatic rings. The average Bonchev–Trinajstić information content (AvgIpc) is 3.16. The molecule has 0 spiro atoms. The maximum absolute atomic E-state index is 12.1. The highest BCUT2D eigenvalue weighted by molar-refractivity contribution is 5.75. The van der Waals surface area contributed by atoms with Crippen molar-refractivity contribution in [2.45, 2.75) is 38.8 Å². The molecule has 7 heteroatoms. The first-order valence-corrected chi connectivity index (χ1v) is 8.35. The van der Waals surface area contributed by atoms with Crippen LogP contribution in [0.5, 0.6) is 0 Å². The van der Waals surface area contributed by atoms with Gasteiger partial charge in [0.15, 0.2) is 0 Å². The normalized spacial score (nSPS) is 13.8. The van der Waals surface area contributed by atoms with Crippen molar-refractivity contribution in [2.75, 3.05) is 0 Å². The minimum atomic E-state index is -0.0729. The van der Waals surface area contributed by atoms with E-state index in [9.17, 15) is 4.79 Å². The standard InChI is InChI=1S/C18H19N5O2/c1-12-2-4-13(5-3-12)8-19-16(24)10-23-9-15(20-11-23)17-21-18(25-22-17)14-6-7-14/h2-5,9,11,14H,6-8,10H2,1H3,(H,19,24). The number of amides is 1. The first-order chi connectivity index (χ1) is 12.2. The molecule has 1 aliphatic rings. The number of benzene rings is 1. The molecule has 128 valence electrons. The molecule has 1 aliphatic carbocycles. The number of aryl methyl sites for hydroxylation is 1. The topological polar surface area (TPSA) is 85.8 Å². The molecule has 4 rings (SSSR count). The van der Waals surface area contributed by atoms with E-state index >= 15 is 0 Å². The van der Waals surface area contributed by atoms with Gasteiger partial charge in [0.1, 0.15) is 12.2 Å². The zero-order valence-electron chi connectivity index (χ0n) is 14.0. The van der Waals surface area contributed by atoms with Gasteiger partial charge < -0.3 is 14.4 Å². The average molecular weight is 337 g/mol. The minimum Gasteiger partial charge on any atom is -0.350 e. The molecule has 7 nitrogen and oxygen atoms in total. The number of rotatable bonds is 6. The van der Waals surface area contributed by atoms with Crippen molar-refractivity contribution >= 4 is 5.91 Å². The second-order valence-electron chi connectivity index (χ2n) is 6.42. The summed E-state index contributed by atoms with van der Waals surface area (Å²) in [5.74, 6) is 1.49. The first kappa shape index (κ1) is 15.6. The Bertz CT molecular complexity index is 877. The summed E-state index contributed by atoms with van der Waals surface area (Å²) in [5.41, 5.74) is 2.89. The van der Waals surface area contributed by atoms with Gasteiger partial charge in [-0.05, 0) is 25.3 Å².